The molecule has 3 rings (SSSR count). The van der Waals surface area contributed by atoms with Crippen LogP contribution in [0.2, 0.25) is 5.02 Å². The molecule has 0 aliphatic rings. The number of carbonyl (C=O) groups is 2. The maximum atomic E-state index is 12.6. The molecule has 30 heavy (non-hydrogen) atoms. The number of carbonyl (C=O) groups excluding carboxylic acids is 2. The van der Waals surface area contributed by atoms with Gasteiger partial charge in [-0.1, -0.05) is 30.7 Å². The lowest BCUT2D eigenvalue weighted by Gasteiger charge is -2.11. The lowest BCUT2D eigenvalue weighted by molar-refractivity contribution is -0.116. The van der Waals surface area contributed by atoms with Gasteiger partial charge in [-0.05, 0) is 49.7 Å². The minimum Gasteiger partial charge on any atom is -0.326 e. The summed E-state index contributed by atoms with van der Waals surface area (Å²) in [6, 6.07) is 14.9. The van der Waals surface area contributed by atoms with Crippen LogP contribution in [0.5, 0.6) is 0 Å². The Balaban J connectivity index is 1.55. The second kappa shape index (κ2) is 10.6. The summed E-state index contributed by atoms with van der Waals surface area (Å²) in [7, 11) is 0. The first-order valence-electron chi connectivity index (χ1n) is 9.53. The van der Waals surface area contributed by atoms with Crippen LogP contribution in [0, 0.1) is 0 Å². The maximum absolute atomic E-state index is 12.6. The molecular formula is C22H22ClN3O2S2. The van der Waals surface area contributed by atoms with Crippen molar-refractivity contribution in [3.05, 3.63) is 58.9 Å². The largest absolute Gasteiger partial charge is 0.326 e. The van der Waals surface area contributed by atoms with Crippen LogP contribution in [-0.2, 0) is 9.59 Å². The summed E-state index contributed by atoms with van der Waals surface area (Å²) in [5, 5.41) is 8.58. The van der Waals surface area contributed by atoms with Crippen LogP contribution in [0.25, 0.3) is 11.3 Å². The summed E-state index contributed by atoms with van der Waals surface area (Å²) < 4.78 is 0. The Morgan fingerprint density at radius 2 is 1.80 bits per heavy atom. The van der Waals surface area contributed by atoms with Crippen LogP contribution < -0.4 is 10.6 Å². The Morgan fingerprint density at radius 3 is 2.47 bits per heavy atom. The molecule has 1 atom stereocenters. The van der Waals surface area contributed by atoms with Crippen molar-refractivity contribution in [2.75, 3.05) is 10.6 Å². The first-order valence-corrected chi connectivity index (χ1v) is 11.7. The molecule has 2 N–H and O–H groups in total. The molecule has 0 saturated heterocycles. The number of halogens is 1. The minimum absolute atomic E-state index is 0.00654. The zero-order chi connectivity index (χ0) is 21.5. The molecule has 0 saturated carbocycles. The number of nitrogens with one attached hydrogen (secondary N) is 2. The molecule has 0 aliphatic carbocycles. The Labute approximate surface area is 189 Å². The fourth-order valence-electron chi connectivity index (χ4n) is 2.62. The van der Waals surface area contributed by atoms with Gasteiger partial charge in [-0.2, -0.15) is 0 Å². The molecule has 1 unspecified atom stereocenters. The molecular weight excluding hydrogens is 438 g/mol. The molecule has 0 spiro atoms. The van der Waals surface area contributed by atoms with Crippen LogP contribution in [0.4, 0.5) is 10.8 Å². The Kier molecular flexibility index (Phi) is 7.90. The zero-order valence-corrected chi connectivity index (χ0v) is 19.0. The molecule has 0 aliphatic heterocycles. The summed E-state index contributed by atoms with van der Waals surface area (Å²) in [6.07, 6.45) is 1.32. The van der Waals surface area contributed by atoms with Crippen molar-refractivity contribution in [2.24, 2.45) is 0 Å². The van der Waals surface area contributed by atoms with Gasteiger partial charge in [-0.25, -0.2) is 4.98 Å². The molecule has 3 aromatic rings. The van der Waals surface area contributed by atoms with Gasteiger partial charge in [0.05, 0.1) is 10.9 Å². The predicted molar refractivity (Wildman–Crippen MR) is 126 cm³/mol. The molecule has 156 valence electrons. The fraction of sp³-hybridized carbons (Fsp3) is 0.227. The number of amides is 2. The number of thiazole rings is 1. The molecule has 0 bridgehead atoms. The second-order valence-corrected chi connectivity index (χ2v) is 9.33. The normalized spacial score (nSPS) is 11.7. The highest BCUT2D eigenvalue weighted by Crippen LogP contribution is 2.28. The van der Waals surface area contributed by atoms with E-state index in [0.717, 1.165) is 28.3 Å². The van der Waals surface area contributed by atoms with Crippen LogP contribution in [0.3, 0.4) is 0 Å². The monoisotopic (exact) mass is 459 g/mol. The van der Waals surface area contributed by atoms with Gasteiger partial charge in [0.2, 0.25) is 11.8 Å². The summed E-state index contributed by atoms with van der Waals surface area (Å²) >= 11 is 8.76. The van der Waals surface area contributed by atoms with E-state index in [1.54, 1.807) is 0 Å². The summed E-state index contributed by atoms with van der Waals surface area (Å²) in [4.78, 5) is 29.7. The molecule has 1 aromatic heterocycles. The third-order valence-electron chi connectivity index (χ3n) is 4.17. The van der Waals surface area contributed by atoms with Crippen LogP contribution >= 0.6 is 34.7 Å². The number of hydrogen-bond donors (Lipinski definition) is 2. The molecule has 5 nitrogen and oxygen atoms in total. The molecule has 2 amide bonds. The predicted octanol–water partition coefficient (Wildman–Crippen LogP) is 6.32. The van der Waals surface area contributed by atoms with Gasteiger partial charge in [-0.15, -0.1) is 23.1 Å². The van der Waals surface area contributed by atoms with E-state index in [1.807, 2.05) is 67.8 Å². The fourth-order valence-corrected chi connectivity index (χ4v) is 4.33. The lowest BCUT2D eigenvalue weighted by Crippen LogP contribution is -2.22. The van der Waals surface area contributed by atoms with Crippen LogP contribution in [0.15, 0.2) is 58.8 Å². The molecule has 0 radical (unpaired) electrons. The zero-order valence-electron chi connectivity index (χ0n) is 16.6. The number of hydrogen-bond acceptors (Lipinski definition) is 5. The number of anilines is 2. The van der Waals surface area contributed by atoms with Crippen molar-refractivity contribution in [2.45, 2.75) is 36.8 Å². The van der Waals surface area contributed by atoms with E-state index < -0.39 is 0 Å². The van der Waals surface area contributed by atoms with E-state index in [2.05, 4.69) is 15.6 Å². The topological polar surface area (TPSA) is 71.1 Å². The number of rotatable bonds is 8. The average molecular weight is 460 g/mol. The smallest absolute Gasteiger partial charge is 0.239 e. The van der Waals surface area contributed by atoms with E-state index in [9.17, 15) is 9.59 Å². The summed E-state index contributed by atoms with van der Waals surface area (Å²) in [6.45, 7) is 3.82. The number of thioether (sulfide) groups is 1. The highest BCUT2D eigenvalue weighted by molar-refractivity contribution is 8.00. The Morgan fingerprint density at radius 1 is 1.10 bits per heavy atom. The quantitative estimate of drug-likeness (QED) is 0.386. The van der Waals surface area contributed by atoms with Crippen molar-refractivity contribution in [1.82, 2.24) is 4.98 Å². The van der Waals surface area contributed by atoms with Crippen molar-refractivity contribution < 1.29 is 9.59 Å². The van der Waals surface area contributed by atoms with E-state index in [-0.39, 0.29) is 17.1 Å². The molecule has 0 fully saturated rings. The third-order valence-corrected chi connectivity index (χ3v) is 6.29. The second-order valence-electron chi connectivity index (χ2n) is 6.62. The Hall–Kier alpha value is -2.35. The first-order chi connectivity index (χ1) is 14.4. The highest BCUT2D eigenvalue weighted by Gasteiger charge is 2.16. The van der Waals surface area contributed by atoms with Crippen molar-refractivity contribution >= 4 is 57.3 Å². The van der Waals surface area contributed by atoms with E-state index in [1.165, 1.54) is 23.1 Å². The number of nitrogens with zero attached hydrogens (tertiary/aromatic N) is 1. The van der Waals surface area contributed by atoms with Crippen LogP contribution in [-0.4, -0.2) is 22.0 Å². The van der Waals surface area contributed by atoms with Gasteiger partial charge in [0.1, 0.15) is 0 Å². The summed E-state index contributed by atoms with van der Waals surface area (Å²) in [5.74, 6) is -0.107. The molecule has 2 aromatic carbocycles. The Bertz CT molecular complexity index is 1000. The van der Waals surface area contributed by atoms with Crippen molar-refractivity contribution in [3.8, 4) is 11.3 Å². The van der Waals surface area contributed by atoms with Gasteiger partial charge in [-0.3, -0.25) is 9.59 Å². The minimum atomic E-state index is -0.298. The maximum Gasteiger partial charge on any atom is 0.239 e. The highest BCUT2D eigenvalue weighted by atomic mass is 35.5. The number of benzene rings is 2. The van der Waals surface area contributed by atoms with Crippen molar-refractivity contribution in [3.63, 3.8) is 0 Å². The van der Waals surface area contributed by atoms with Crippen LogP contribution in [0.1, 0.15) is 26.7 Å². The SMILES string of the molecule is CCCC(=O)Nc1ccc(SC(C)C(=O)Nc2nc(-c3ccc(Cl)cc3)cs2)cc1. The van der Waals surface area contributed by atoms with Gasteiger partial charge >= 0.3 is 0 Å². The van der Waals surface area contributed by atoms with Crippen molar-refractivity contribution in [1.29, 1.82) is 0 Å². The standard InChI is InChI=1S/C22H22ClN3O2S2/c1-3-4-20(27)24-17-9-11-18(12-10-17)30-14(2)21(28)26-22-25-19(13-29-22)15-5-7-16(23)8-6-15/h5-14H,3-4H2,1-2H3,(H,24,27)(H,25,26,28). The van der Waals surface area contributed by atoms with Gasteiger partial charge < -0.3 is 10.6 Å². The van der Waals surface area contributed by atoms with E-state index in [0.29, 0.717) is 16.6 Å². The van der Waals surface area contributed by atoms with E-state index >= 15 is 0 Å². The van der Waals surface area contributed by atoms with Gasteiger partial charge in [0, 0.05) is 33.0 Å². The van der Waals surface area contributed by atoms with Gasteiger partial charge in [0.15, 0.2) is 5.13 Å². The summed E-state index contributed by atoms with van der Waals surface area (Å²) in [5.41, 5.74) is 2.50. The van der Waals surface area contributed by atoms with E-state index in [4.69, 9.17) is 11.6 Å². The van der Waals surface area contributed by atoms with Gasteiger partial charge in [0.25, 0.3) is 0 Å². The third kappa shape index (κ3) is 6.32. The lowest BCUT2D eigenvalue weighted by atomic mass is 10.2. The molecule has 8 heteroatoms. The first kappa shape index (κ1) is 22.3. The number of aromatic nitrogens is 1. The molecule has 1 heterocycles. The average Bonchev–Trinajstić information content (AvgIpc) is 3.18.